The molecule has 0 bridgehead atoms. The Morgan fingerprint density at radius 1 is 1.21 bits per heavy atom. The quantitative estimate of drug-likeness (QED) is 0.797. The van der Waals surface area contributed by atoms with Gasteiger partial charge >= 0.3 is 6.18 Å². The van der Waals surface area contributed by atoms with Gasteiger partial charge in [0.2, 0.25) is 0 Å². The number of hydrogen-bond acceptors (Lipinski definition) is 3. The first-order chi connectivity index (χ1) is 13.8. The molecule has 1 aromatic carbocycles. The molecule has 152 valence electrons. The van der Waals surface area contributed by atoms with Gasteiger partial charge in [-0.25, -0.2) is 0 Å². The van der Waals surface area contributed by atoms with Crippen molar-refractivity contribution in [1.82, 2.24) is 5.32 Å². The summed E-state index contributed by atoms with van der Waals surface area (Å²) in [6.45, 7) is 0. The topological polar surface area (TPSA) is 62.1 Å². The van der Waals surface area contributed by atoms with Crippen molar-refractivity contribution in [3.63, 3.8) is 0 Å². The number of amides is 1. The van der Waals surface area contributed by atoms with Crippen LogP contribution >= 0.6 is 0 Å². The van der Waals surface area contributed by atoms with E-state index < -0.39 is 17.3 Å². The summed E-state index contributed by atoms with van der Waals surface area (Å²) in [6, 6.07) is 5.17. The van der Waals surface area contributed by atoms with Crippen molar-refractivity contribution in [1.29, 1.82) is 5.26 Å². The largest absolute Gasteiger partial charge is 0.490 e. The van der Waals surface area contributed by atoms with Crippen LogP contribution in [0, 0.1) is 16.7 Å². The maximum absolute atomic E-state index is 13.1. The Bertz CT molecular complexity index is 913. The summed E-state index contributed by atoms with van der Waals surface area (Å²) in [5.41, 5.74) is -0.536. The normalized spacial score (nSPS) is 28.0. The highest BCUT2D eigenvalue weighted by atomic mass is 19.4. The van der Waals surface area contributed by atoms with E-state index in [1.54, 1.807) is 6.07 Å². The second-order valence-electron chi connectivity index (χ2n) is 8.18. The Kier molecular flexibility index (Phi) is 4.89. The van der Waals surface area contributed by atoms with Crippen molar-refractivity contribution in [3.05, 3.63) is 53.1 Å². The first-order valence-corrected chi connectivity index (χ1v) is 9.74. The maximum atomic E-state index is 13.1. The lowest BCUT2D eigenvalue weighted by Crippen LogP contribution is -2.58. The third-order valence-corrected chi connectivity index (χ3v) is 5.99. The van der Waals surface area contributed by atoms with Gasteiger partial charge in [-0.3, -0.25) is 4.79 Å². The van der Waals surface area contributed by atoms with Crippen LogP contribution in [-0.4, -0.2) is 18.1 Å². The molecule has 1 N–H and O–H groups in total. The van der Waals surface area contributed by atoms with Crippen LogP contribution in [0.1, 0.15) is 49.7 Å². The number of allylic oxidation sites excluding steroid dienone is 2. The molecule has 3 aliphatic carbocycles. The Labute approximate surface area is 167 Å². The third-order valence-electron chi connectivity index (χ3n) is 5.99. The Hall–Kier alpha value is -2.75. The van der Waals surface area contributed by atoms with E-state index in [0.29, 0.717) is 5.57 Å². The van der Waals surface area contributed by atoms with Crippen LogP contribution in [0.3, 0.4) is 0 Å². The van der Waals surface area contributed by atoms with E-state index in [4.69, 9.17) is 10.00 Å². The molecule has 2 fully saturated rings. The summed E-state index contributed by atoms with van der Waals surface area (Å²) in [7, 11) is 0. The number of ether oxygens (including phenoxy) is 1. The number of carbonyl (C=O) groups is 1. The highest BCUT2D eigenvalue weighted by molar-refractivity contribution is 5.96. The second kappa shape index (κ2) is 7.25. The van der Waals surface area contributed by atoms with Crippen molar-refractivity contribution in [2.75, 3.05) is 0 Å². The molecule has 0 atom stereocenters. The fourth-order valence-corrected chi connectivity index (χ4v) is 4.58. The van der Waals surface area contributed by atoms with Gasteiger partial charge in [0.05, 0.1) is 23.3 Å². The number of benzene rings is 1. The highest BCUT2D eigenvalue weighted by Crippen LogP contribution is 2.57. The molecule has 0 unspecified atom stereocenters. The molecule has 0 aliphatic heterocycles. The second-order valence-corrected chi connectivity index (χ2v) is 8.18. The molecule has 0 heterocycles. The number of carbonyl (C=O) groups excluding carboxylic acids is 1. The number of hydrogen-bond donors (Lipinski definition) is 1. The smallest absolute Gasteiger partial charge is 0.417 e. The van der Waals surface area contributed by atoms with E-state index in [1.165, 1.54) is 6.07 Å². The monoisotopic (exact) mass is 402 g/mol. The molecular weight excluding hydrogens is 381 g/mol. The maximum Gasteiger partial charge on any atom is 0.417 e. The lowest BCUT2D eigenvalue weighted by Gasteiger charge is -2.57. The minimum Gasteiger partial charge on any atom is -0.490 e. The van der Waals surface area contributed by atoms with Crippen molar-refractivity contribution in [3.8, 4) is 11.8 Å². The average Bonchev–Trinajstić information content (AvgIpc) is 2.64. The molecule has 29 heavy (non-hydrogen) atoms. The van der Waals surface area contributed by atoms with E-state index in [0.717, 1.165) is 50.7 Å². The van der Waals surface area contributed by atoms with E-state index in [-0.39, 0.29) is 29.2 Å². The van der Waals surface area contributed by atoms with Crippen LogP contribution in [0.4, 0.5) is 13.2 Å². The molecule has 0 aromatic heterocycles. The number of halogens is 3. The number of nitriles is 1. The summed E-state index contributed by atoms with van der Waals surface area (Å²) in [5, 5.41) is 11.9. The van der Waals surface area contributed by atoms with Crippen LogP contribution in [0.25, 0.3) is 0 Å². The molecule has 2 saturated carbocycles. The van der Waals surface area contributed by atoms with Gasteiger partial charge in [-0.1, -0.05) is 18.2 Å². The van der Waals surface area contributed by atoms with Crippen molar-refractivity contribution in [2.24, 2.45) is 5.41 Å². The predicted molar refractivity (Wildman–Crippen MR) is 99.9 cm³/mol. The third kappa shape index (κ3) is 4.02. The van der Waals surface area contributed by atoms with Gasteiger partial charge in [-0.15, -0.1) is 0 Å². The van der Waals surface area contributed by atoms with Gasteiger partial charge in [-0.05, 0) is 62.1 Å². The van der Waals surface area contributed by atoms with Gasteiger partial charge in [0, 0.05) is 11.6 Å². The lowest BCUT2D eigenvalue weighted by molar-refractivity contribution is -0.138. The summed E-state index contributed by atoms with van der Waals surface area (Å²) >= 11 is 0. The molecule has 0 saturated heterocycles. The van der Waals surface area contributed by atoms with Gasteiger partial charge in [0.15, 0.2) is 0 Å². The van der Waals surface area contributed by atoms with Crippen molar-refractivity contribution < 1.29 is 22.7 Å². The zero-order chi connectivity index (χ0) is 20.6. The van der Waals surface area contributed by atoms with Crippen molar-refractivity contribution >= 4 is 5.91 Å². The summed E-state index contributed by atoms with van der Waals surface area (Å²) in [6.07, 6.45) is 6.21. The van der Waals surface area contributed by atoms with Gasteiger partial charge in [0.25, 0.3) is 5.91 Å². The van der Waals surface area contributed by atoms with Crippen LogP contribution in [0.2, 0.25) is 0 Å². The molecule has 1 aromatic rings. The van der Waals surface area contributed by atoms with E-state index in [1.807, 2.05) is 18.2 Å². The molecule has 1 amide bonds. The first-order valence-electron chi connectivity index (χ1n) is 9.74. The molecule has 7 heteroatoms. The minimum atomic E-state index is -4.59. The summed E-state index contributed by atoms with van der Waals surface area (Å²) in [5.74, 6) is 0.0987. The minimum absolute atomic E-state index is 0.0369. The molecular formula is C22H21F3N2O2. The zero-order valence-corrected chi connectivity index (χ0v) is 15.8. The Balaban J connectivity index is 1.27. The van der Waals surface area contributed by atoms with Crippen LogP contribution in [-0.2, 0) is 11.0 Å². The summed E-state index contributed by atoms with van der Waals surface area (Å²) in [4.78, 5) is 12.2. The number of rotatable bonds is 4. The highest BCUT2D eigenvalue weighted by Gasteiger charge is 2.54. The predicted octanol–water partition coefficient (Wildman–Crippen LogP) is 4.66. The fourth-order valence-electron chi connectivity index (χ4n) is 4.58. The van der Waals surface area contributed by atoms with Gasteiger partial charge in [-0.2, -0.15) is 18.4 Å². The standard InChI is InChI=1S/C22H21F3N2O2/c23-22(24,25)19-8-17(7-6-15(19)13-26)29-18-11-21(12-18)9-16(10-21)27-20(28)14-4-2-1-3-5-14/h2,4-8,16,18H,1,3,9-12H2,(H,27,28). The van der Waals surface area contributed by atoms with E-state index >= 15 is 0 Å². The number of alkyl halides is 3. The SMILES string of the molecule is N#Cc1ccc(OC2CC3(CC(NC(=O)C4=CCCC=C4)C3)C2)cc1C(F)(F)F. The Morgan fingerprint density at radius 3 is 2.59 bits per heavy atom. The van der Waals surface area contributed by atoms with Gasteiger partial charge in [0.1, 0.15) is 5.75 Å². The molecule has 1 spiro atoms. The van der Waals surface area contributed by atoms with Crippen LogP contribution in [0.15, 0.2) is 42.0 Å². The van der Waals surface area contributed by atoms with Gasteiger partial charge < -0.3 is 10.1 Å². The van der Waals surface area contributed by atoms with E-state index in [9.17, 15) is 18.0 Å². The molecule has 0 radical (unpaired) electrons. The average molecular weight is 402 g/mol. The fraction of sp³-hybridized carbons (Fsp3) is 0.455. The lowest BCUT2D eigenvalue weighted by atomic mass is 9.53. The van der Waals surface area contributed by atoms with E-state index in [2.05, 4.69) is 5.32 Å². The first kappa shape index (κ1) is 19.6. The Morgan fingerprint density at radius 2 is 1.97 bits per heavy atom. The molecule has 3 aliphatic rings. The number of nitrogens with zero attached hydrogens (tertiary/aromatic N) is 1. The summed E-state index contributed by atoms with van der Waals surface area (Å²) < 4.78 is 44.9. The van der Waals surface area contributed by atoms with Crippen molar-refractivity contribution in [2.45, 2.75) is 56.8 Å². The van der Waals surface area contributed by atoms with Crippen LogP contribution in [0.5, 0.6) is 5.75 Å². The molecule has 4 nitrogen and oxygen atoms in total. The zero-order valence-electron chi connectivity index (χ0n) is 15.8. The number of nitrogens with one attached hydrogen (secondary N) is 1. The molecule has 4 rings (SSSR count). The van der Waals surface area contributed by atoms with Crippen LogP contribution < -0.4 is 10.1 Å².